The highest BCUT2D eigenvalue weighted by Gasteiger charge is 2.26. The Hall–Kier alpha value is -3.19. The lowest BCUT2D eigenvalue weighted by molar-refractivity contribution is 1.37. The first-order chi connectivity index (χ1) is 10.8. The summed E-state index contributed by atoms with van der Waals surface area (Å²) in [6.07, 6.45) is 0. The van der Waals surface area contributed by atoms with Crippen molar-refractivity contribution in [2.75, 3.05) is 0 Å². The fourth-order valence-electron chi connectivity index (χ4n) is 1.14. The summed E-state index contributed by atoms with van der Waals surface area (Å²) in [7, 11) is -7.76. The average molecular weight is 381 g/mol. The first kappa shape index (κ1) is 20.8. The van der Waals surface area contributed by atoms with Gasteiger partial charge in [-0.1, -0.05) is 0 Å². The molecule has 0 saturated heterocycles. The summed E-state index contributed by atoms with van der Waals surface area (Å²) in [6, 6.07) is 0. The molecule has 0 aromatic rings. The molecule has 0 atom stereocenters. The molecule has 17 nitrogen and oxygen atoms in total. The van der Waals surface area contributed by atoms with Gasteiger partial charge in [0.2, 0.25) is 0 Å². The van der Waals surface area contributed by atoms with Crippen molar-refractivity contribution < 1.29 is 0 Å². The molecule has 21 N–H and O–H groups in total. The maximum absolute atomic E-state index is 8.19. The van der Waals surface area contributed by atoms with E-state index in [1.165, 1.54) is 0 Å². The van der Waals surface area contributed by atoms with Crippen molar-refractivity contribution in [3.8, 4) is 0 Å². The van der Waals surface area contributed by atoms with Crippen LogP contribution in [0.2, 0.25) is 0 Å². The molecule has 19 heteroatoms. The minimum atomic E-state index is -3.93. The van der Waals surface area contributed by atoms with E-state index in [0.29, 0.717) is 0 Å². The maximum atomic E-state index is 8.19. The van der Waals surface area contributed by atoms with Gasteiger partial charge in [0.05, 0.1) is 0 Å². The molecule has 24 heavy (non-hydrogen) atoms. The van der Waals surface area contributed by atoms with Crippen LogP contribution in [0.4, 0.5) is 0 Å². The fourth-order valence-corrected chi connectivity index (χ4v) is 5.03. The number of hydrogen-bond donors (Lipinski definition) is 11. The van der Waals surface area contributed by atoms with E-state index in [1.54, 1.807) is 0 Å². The minimum absolute atomic E-state index is 0.525. The zero-order valence-electron chi connectivity index (χ0n) is 12.4. The lowest BCUT2D eigenvalue weighted by Crippen LogP contribution is -2.26. The van der Waals surface area contributed by atoms with Gasteiger partial charge in [0.15, 0.2) is 29.8 Å². The van der Waals surface area contributed by atoms with Gasteiger partial charge in [0.25, 0.3) is 0 Å². The lowest BCUT2D eigenvalue weighted by atomic mass is 11.1. The SMILES string of the molecule is N=P(N=C(N)N)(N=C(N)N)N=P(N=C(N)N)(N=C(N)N)N=C(N)N. The van der Waals surface area contributed by atoms with Gasteiger partial charge in [-0.15, -0.1) is 0 Å². The molecule has 0 spiro atoms. The summed E-state index contributed by atoms with van der Waals surface area (Å²) >= 11 is 0. The second-order valence-corrected chi connectivity index (χ2v) is 7.74. The Labute approximate surface area is 136 Å². The second-order valence-electron chi connectivity index (χ2n) is 3.82. The molecule has 0 bridgehead atoms. The van der Waals surface area contributed by atoms with Crippen molar-refractivity contribution in [3.63, 3.8) is 0 Å². The van der Waals surface area contributed by atoms with E-state index in [9.17, 15) is 0 Å². The van der Waals surface area contributed by atoms with Crippen molar-refractivity contribution >= 4 is 44.8 Å². The van der Waals surface area contributed by atoms with E-state index < -0.39 is 44.8 Å². The fraction of sp³-hybridized carbons (Fsp3) is 0. The highest BCUT2D eigenvalue weighted by atomic mass is 31.2. The standard InChI is InChI=1S/C5H21N17P2/c6-1(7)17-23(16,18-2(8)9)22-24(19-3(10)11,20-4(12)13)21-5(14)15/h(H4,10,11,19)(H4,12,13,20)(H4,14,15,21)(H9,6,7,8,9,16,17,18). The van der Waals surface area contributed by atoms with Crippen LogP contribution < -0.4 is 57.3 Å². The third-order valence-electron chi connectivity index (χ3n) is 1.50. The number of rotatable bonds is 6. The monoisotopic (exact) mass is 381 g/mol. The largest absolute Gasteiger partial charge is 0.370 e. The average Bonchev–Trinajstić information content (AvgIpc) is 2.20. The molecule has 0 aliphatic carbocycles. The van der Waals surface area contributed by atoms with Crippen LogP contribution in [0.25, 0.3) is 0 Å². The van der Waals surface area contributed by atoms with Crippen molar-refractivity contribution in [1.29, 1.82) is 5.16 Å². The van der Waals surface area contributed by atoms with Crippen LogP contribution in [0.5, 0.6) is 0 Å². The van der Waals surface area contributed by atoms with Crippen molar-refractivity contribution in [1.82, 2.24) is 0 Å². The molecule has 0 aliphatic rings. The Morgan fingerprint density at radius 3 is 0.958 bits per heavy atom. The first-order valence-corrected chi connectivity index (χ1v) is 8.88. The first-order valence-electron chi connectivity index (χ1n) is 5.63. The summed E-state index contributed by atoms with van der Waals surface area (Å²) < 4.78 is 22.2. The molecule has 0 heterocycles. The van der Waals surface area contributed by atoms with Crippen LogP contribution in [0.3, 0.4) is 0 Å². The van der Waals surface area contributed by atoms with E-state index in [1.807, 2.05) is 0 Å². The van der Waals surface area contributed by atoms with Gasteiger partial charge in [-0.25, -0.2) is 0 Å². The molecule has 0 aromatic carbocycles. The molecule has 0 saturated carbocycles. The Morgan fingerprint density at radius 2 is 0.750 bits per heavy atom. The molecular formula is C5H21N17P2. The molecule has 0 fully saturated rings. The van der Waals surface area contributed by atoms with Crippen LogP contribution in [-0.4, -0.2) is 29.8 Å². The quantitative estimate of drug-likeness (QED) is 0.120. The van der Waals surface area contributed by atoms with Gasteiger partial charge < -0.3 is 57.3 Å². The van der Waals surface area contributed by atoms with Crippen LogP contribution in [0.15, 0.2) is 28.3 Å². The third kappa shape index (κ3) is 7.71. The molecule has 0 radical (unpaired) electrons. The Bertz CT molecular complexity index is 627. The predicted molar refractivity (Wildman–Crippen MR) is 98.0 cm³/mol. The van der Waals surface area contributed by atoms with Gasteiger partial charge in [0.1, 0.15) is 0 Å². The Kier molecular flexibility index (Phi) is 6.84. The van der Waals surface area contributed by atoms with E-state index in [4.69, 9.17) is 62.5 Å². The summed E-state index contributed by atoms with van der Waals surface area (Å²) in [4.78, 5) is 0. The number of nitrogens with one attached hydrogen (secondary N) is 1. The van der Waals surface area contributed by atoms with Crippen LogP contribution in [0, 0.1) is 5.16 Å². The summed E-state index contributed by atoms with van der Waals surface area (Å²) in [5.41, 5.74) is 53.0. The summed E-state index contributed by atoms with van der Waals surface area (Å²) in [5.74, 6) is -2.65. The van der Waals surface area contributed by atoms with Crippen molar-refractivity contribution in [2.24, 2.45) is 85.7 Å². The van der Waals surface area contributed by atoms with Crippen molar-refractivity contribution in [2.45, 2.75) is 0 Å². The zero-order valence-corrected chi connectivity index (χ0v) is 14.1. The highest BCUT2D eigenvalue weighted by molar-refractivity contribution is 7.73. The van der Waals surface area contributed by atoms with Crippen LogP contribution in [-0.2, 0) is 0 Å². The molecular weight excluding hydrogens is 360 g/mol. The normalized spacial score (nSPS) is 10.7. The van der Waals surface area contributed by atoms with Gasteiger partial charge in [-0.2, -0.15) is 28.3 Å². The van der Waals surface area contributed by atoms with E-state index in [-0.39, 0.29) is 0 Å². The van der Waals surface area contributed by atoms with Crippen molar-refractivity contribution in [3.05, 3.63) is 0 Å². The van der Waals surface area contributed by atoms with Crippen LogP contribution in [0.1, 0.15) is 0 Å². The Balaban J connectivity index is 7.07. The molecule has 0 aliphatic heterocycles. The number of nitrogens with two attached hydrogens (primary N) is 10. The van der Waals surface area contributed by atoms with Gasteiger partial charge in [-0.3, -0.25) is 5.16 Å². The van der Waals surface area contributed by atoms with Gasteiger partial charge >= 0.3 is 15.0 Å². The van der Waals surface area contributed by atoms with E-state index >= 15 is 0 Å². The molecule has 136 valence electrons. The predicted octanol–water partition coefficient (Wildman–Crippen LogP) is -4.18. The second kappa shape index (κ2) is 7.89. The topological polar surface area (TPSA) is 358 Å². The molecule has 0 rings (SSSR count). The maximum Gasteiger partial charge on any atom is 0.317 e. The minimum Gasteiger partial charge on any atom is -0.370 e. The van der Waals surface area contributed by atoms with Gasteiger partial charge in [-0.05, 0) is 0 Å². The smallest absolute Gasteiger partial charge is 0.317 e. The molecule has 0 aromatic heterocycles. The van der Waals surface area contributed by atoms with E-state index in [2.05, 4.69) is 28.3 Å². The van der Waals surface area contributed by atoms with Crippen LogP contribution >= 0.6 is 15.0 Å². The Morgan fingerprint density at radius 1 is 0.500 bits per heavy atom. The number of guanidine groups is 5. The number of hydrogen-bond acceptors (Lipinski definition) is 1. The summed E-state index contributed by atoms with van der Waals surface area (Å²) in [5, 5.41) is 8.19. The number of nitrogens with zero attached hydrogens (tertiary/aromatic N) is 6. The summed E-state index contributed by atoms with van der Waals surface area (Å²) in [6.45, 7) is 0. The lowest BCUT2D eigenvalue weighted by Gasteiger charge is -2.15. The zero-order chi connectivity index (χ0) is 19.1. The third-order valence-corrected chi connectivity index (χ3v) is 5.98. The molecule has 0 unspecified atom stereocenters. The van der Waals surface area contributed by atoms with Gasteiger partial charge in [0, 0.05) is 0 Å². The molecule has 0 amide bonds. The highest BCUT2D eigenvalue weighted by Crippen LogP contribution is 2.66. The van der Waals surface area contributed by atoms with E-state index in [0.717, 1.165) is 0 Å².